The fraction of sp³-hybridized carbons (Fsp3) is 0.429. The second kappa shape index (κ2) is 10.3. The molecule has 1 aromatic rings. The van der Waals surface area contributed by atoms with E-state index in [4.69, 9.17) is 15.3 Å². The summed E-state index contributed by atoms with van der Waals surface area (Å²) in [5.41, 5.74) is 4.23. The zero-order chi connectivity index (χ0) is 25.8. The number of para-hydroxylation sites is 1. The minimum atomic E-state index is -4.61. The van der Waals surface area contributed by atoms with Gasteiger partial charge < -0.3 is 10.5 Å². The van der Waals surface area contributed by atoms with E-state index in [0.29, 0.717) is 4.47 Å². The van der Waals surface area contributed by atoms with Gasteiger partial charge in [0.05, 0.1) is 17.6 Å². The van der Waals surface area contributed by atoms with Crippen LogP contribution in [0.2, 0.25) is 0 Å². The molecule has 34 heavy (non-hydrogen) atoms. The molecule has 0 spiro atoms. The molecule has 1 aliphatic rings. The first kappa shape index (κ1) is 27.0. The Labute approximate surface area is 197 Å². The number of carbonyl (C=O) groups is 2. The van der Waals surface area contributed by atoms with E-state index < -0.39 is 55.2 Å². The number of nitro benzene ring substituents is 1. The molecule has 0 aromatic heterocycles. The molecule has 1 aliphatic heterocycles. The Morgan fingerprint density at radius 2 is 1.97 bits per heavy atom. The van der Waals surface area contributed by atoms with Crippen LogP contribution >= 0.6 is 0 Å². The molecule has 0 fully saturated rings. The molecule has 2 atom stereocenters. The third kappa shape index (κ3) is 5.98. The van der Waals surface area contributed by atoms with Crippen LogP contribution in [0.25, 0.3) is 0 Å². The van der Waals surface area contributed by atoms with Crippen LogP contribution in [0.5, 0.6) is 0 Å². The van der Waals surface area contributed by atoms with Crippen molar-refractivity contribution in [2.75, 3.05) is 13.2 Å². The Bertz CT molecular complexity index is 1110. The van der Waals surface area contributed by atoms with Crippen LogP contribution in [0, 0.1) is 10.1 Å². The van der Waals surface area contributed by atoms with Crippen LogP contribution in [-0.4, -0.2) is 65.5 Å². The number of hydrogen-bond donors (Lipinski definition) is 1. The Morgan fingerprint density at radius 3 is 2.50 bits per heavy atom. The summed E-state index contributed by atoms with van der Waals surface area (Å²) < 4.78 is 32.9. The first-order chi connectivity index (χ1) is 15.7. The Morgan fingerprint density at radius 1 is 1.35 bits per heavy atom. The smallest absolute Gasteiger partial charge is 0.411 e. The second-order valence-electron chi connectivity index (χ2n) is 8.49. The summed E-state index contributed by atoms with van der Waals surface area (Å²) in [6.07, 6.45) is 1.81. The van der Waals surface area contributed by atoms with Crippen molar-refractivity contribution in [1.29, 1.82) is 0 Å². The summed E-state index contributed by atoms with van der Waals surface area (Å²) in [6, 6.07) is 2.46. The summed E-state index contributed by atoms with van der Waals surface area (Å²) in [6.45, 7) is 9.27. The minimum absolute atomic E-state index is 0.255. The third-order valence-electron chi connectivity index (χ3n) is 4.65. The maximum Gasteiger partial charge on any atom is 0.411 e. The van der Waals surface area contributed by atoms with Crippen molar-refractivity contribution in [3.8, 4) is 0 Å². The Kier molecular flexibility index (Phi) is 8.18. The van der Waals surface area contributed by atoms with Crippen LogP contribution in [0.3, 0.4) is 0 Å². The van der Waals surface area contributed by atoms with Crippen molar-refractivity contribution in [3.63, 3.8) is 0 Å². The lowest BCUT2D eigenvalue weighted by molar-refractivity contribution is -0.387. The number of nitro groups is 1. The van der Waals surface area contributed by atoms with Gasteiger partial charge in [-0.05, 0) is 39.3 Å². The molecule has 13 heteroatoms. The van der Waals surface area contributed by atoms with Gasteiger partial charge in [0.15, 0.2) is 4.90 Å². The van der Waals surface area contributed by atoms with E-state index in [0.717, 1.165) is 17.0 Å². The maximum absolute atomic E-state index is 13.5. The van der Waals surface area contributed by atoms with E-state index in [9.17, 15) is 28.1 Å². The Balaban J connectivity index is 2.60. The maximum atomic E-state index is 13.5. The van der Waals surface area contributed by atoms with Crippen molar-refractivity contribution in [3.05, 3.63) is 58.7 Å². The van der Waals surface area contributed by atoms with E-state index >= 15 is 0 Å². The molecular weight excluding hydrogens is 468 g/mol. The number of amides is 2. The van der Waals surface area contributed by atoms with Gasteiger partial charge in [0, 0.05) is 12.6 Å². The number of primary amides is 1. The monoisotopic (exact) mass is 496 g/mol. The lowest BCUT2D eigenvalue weighted by atomic mass is 9.99. The van der Waals surface area contributed by atoms with Gasteiger partial charge in [-0.3, -0.25) is 24.6 Å². The molecule has 1 heterocycles. The molecule has 12 nitrogen and oxygen atoms in total. The summed E-state index contributed by atoms with van der Waals surface area (Å²) in [7, 11) is -4.61. The zero-order valence-electron chi connectivity index (χ0n) is 19.3. The van der Waals surface area contributed by atoms with Gasteiger partial charge >= 0.3 is 6.09 Å². The van der Waals surface area contributed by atoms with Crippen LogP contribution in [0.15, 0.2) is 53.5 Å². The molecule has 0 bridgehead atoms. The first-order valence-corrected chi connectivity index (χ1v) is 11.6. The highest BCUT2D eigenvalue weighted by Gasteiger charge is 2.43. The first-order valence-electron chi connectivity index (χ1n) is 10.2. The highest BCUT2D eigenvalue weighted by atomic mass is 32.2. The molecular formula is C21H28N4O8S. The van der Waals surface area contributed by atoms with E-state index in [2.05, 4.69) is 6.58 Å². The van der Waals surface area contributed by atoms with E-state index in [1.165, 1.54) is 31.2 Å². The second-order valence-corrected chi connectivity index (χ2v) is 10.2. The van der Waals surface area contributed by atoms with E-state index in [1.54, 1.807) is 20.8 Å². The van der Waals surface area contributed by atoms with Crippen molar-refractivity contribution >= 4 is 27.7 Å². The van der Waals surface area contributed by atoms with Crippen LogP contribution in [-0.2, 0) is 24.4 Å². The lowest BCUT2D eigenvalue weighted by Crippen LogP contribution is -2.58. The van der Waals surface area contributed by atoms with Crippen molar-refractivity contribution < 1.29 is 32.5 Å². The number of rotatable bonds is 8. The number of nitrogens with zero attached hydrogens (tertiary/aromatic N) is 3. The van der Waals surface area contributed by atoms with Gasteiger partial charge in [-0.2, -0.15) is 0 Å². The van der Waals surface area contributed by atoms with Crippen LogP contribution in [0.4, 0.5) is 10.5 Å². The summed E-state index contributed by atoms with van der Waals surface area (Å²) >= 11 is 0. The topological polar surface area (TPSA) is 162 Å². The largest absolute Gasteiger partial charge is 0.444 e. The quantitative estimate of drug-likeness (QED) is 0.325. The predicted molar refractivity (Wildman–Crippen MR) is 122 cm³/mol. The van der Waals surface area contributed by atoms with Crippen LogP contribution in [0.1, 0.15) is 27.7 Å². The zero-order valence-corrected chi connectivity index (χ0v) is 20.1. The minimum Gasteiger partial charge on any atom is -0.444 e. The van der Waals surface area contributed by atoms with Gasteiger partial charge in [0.1, 0.15) is 11.6 Å². The van der Waals surface area contributed by atoms with Gasteiger partial charge in [-0.25, -0.2) is 13.2 Å². The number of ether oxygens (including phenoxy) is 1. The number of hydrogen-bond acceptors (Lipinski definition) is 8. The van der Waals surface area contributed by atoms with E-state index in [1.807, 2.05) is 0 Å². The molecule has 2 amide bonds. The number of carbonyl (C=O) groups excluding carboxylic acids is 2. The predicted octanol–water partition coefficient (Wildman–Crippen LogP) is 2.12. The molecule has 186 valence electrons. The fourth-order valence-electron chi connectivity index (χ4n) is 3.40. The standard InChI is InChI=1S/C21H28N4O8S/c1-6-11-32-25(34(30,31)17-10-8-7-9-16(17)24(28)29)15-12-14(2)18(19(22)26)23(13-15)20(27)33-21(3,4)5/h6-10,12,15,18H,1,11,13H2,2-5H3,(H2,22,26)/t15-,18+/m1/s1. The molecule has 0 radical (unpaired) electrons. The third-order valence-corrected chi connectivity index (χ3v) is 6.40. The molecule has 0 aliphatic carbocycles. The van der Waals surface area contributed by atoms with E-state index in [-0.39, 0.29) is 18.7 Å². The molecule has 0 saturated carbocycles. The molecule has 2 N–H and O–H groups in total. The molecule has 0 unspecified atom stereocenters. The summed E-state index contributed by atoms with van der Waals surface area (Å²) in [5.74, 6) is -0.835. The number of benzene rings is 1. The SMILES string of the molecule is C=CCON([C@@H]1C=C(C)[C@@H](C(N)=O)N(C(=O)OC(C)(C)C)C1)S(=O)(=O)c1ccccc1[N+](=O)[O-]. The van der Waals surface area contributed by atoms with Crippen molar-refractivity contribution in [2.24, 2.45) is 5.73 Å². The number of hydroxylamine groups is 1. The van der Waals surface area contributed by atoms with Crippen molar-refractivity contribution in [1.82, 2.24) is 9.37 Å². The number of nitrogens with two attached hydrogens (primary N) is 1. The molecule has 0 saturated heterocycles. The fourth-order valence-corrected chi connectivity index (χ4v) is 4.93. The summed E-state index contributed by atoms with van der Waals surface area (Å²) in [5, 5.41) is 11.5. The highest BCUT2D eigenvalue weighted by Crippen LogP contribution is 2.31. The Hall–Kier alpha value is -3.29. The molecule has 2 rings (SSSR count). The molecule has 1 aromatic carbocycles. The van der Waals surface area contributed by atoms with Crippen LogP contribution < -0.4 is 5.73 Å². The normalized spacial score (nSPS) is 18.9. The van der Waals surface area contributed by atoms with Gasteiger partial charge in [-0.15, -0.1) is 6.58 Å². The van der Waals surface area contributed by atoms with Gasteiger partial charge in [0.2, 0.25) is 5.91 Å². The highest BCUT2D eigenvalue weighted by molar-refractivity contribution is 7.89. The average Bonchev–Trinajstić information content (AvgIpc) is 2.71. The van der Waals surface area contributed by atoms with Gasteiger partial charge in [0.25, 0.3) is 15.7 Å². The lowest BCUT2D eigenvalue weighted by Gasteiger charge is -2.40. The summed E-state index contributed by atoms with van der Waals surface area (Å²) in [4.78, 5) is 41.5. The van der Waals surface area contributed by atoms with Gasteiger partial charge in [-0.1, -0.05) is 28.8 Å². The number of sulfonamides is 1. The van der Waals surface area contributed by atoms with Crippen molar-refractivity contribution in [2.45, 2.75) is 50.3 Å². The average molecular weight is 497 g/mol.